The van der Waals surface area contributed by atoms with Gasteiger partial charge < -0.3 is 5.32 Å². The molecule has 4 heteroatoms. The van der Waals surface area contributed by atoms with Crippen LogP contribution in [0, 0.1) is 6.92 Å². The van der Waals surface area contributed by atoms with Gasteiger partial charge in [0.2, 0.25) is 0 Å². The number of nitrogens with zero attached hydrogens (tertiary/aromatic N) is 2. The molecule has 3 nitrogen and oxygen atoms in total. The Hall–Kier alpha value is -1.26. The topological polar surface area (TPSA) is 37.8 Å². The first-order valence-electron chi connectivity index (χ1n) is 5.35. The summed E-state index contributed by atoms with van der Waals surface area (Å²) in [6.07, 6.45) is 4.74. The molecule has 0 bridgehead atoms. The Morgan fingerprint density at radius 3 is 3.06 bits per heavy atom. The van der Waals surface area contributed by atoms with Gasteiger partial charge in [-0.1, -0.05) is 6.07 Å². The van der Waals surface area contributed by atoms with Crippen LogP contribution in [0.2, 0.25) is 0 Å². The highest BCUT2D eigenvalue weighted by Crippen LogP contribution is 2.11. The van der Waals surface area contributed by atoms with Gasteiger partial charge in [0.15, 0.2) is 0 Å². The lowest BCUT2D eigenvalue weighted by atomic mass is 10.2. The highest BCUT2D eigenvalue weighted by Gasteiger charge is 2.00. The molecule has 0 saturated heterocycles. The van der Waals surface area contributed by atoms with Gasteiger partial charge in [-0.3, -0.25) is 4.98 Å². The quantitative estimate of drug-likeness (QED) is 0.804. The zero-order valence-electron chi connectivity index (χ0n) is 9.31. The number of aromatic nitrogens is 2. The Morgan fingerprint density at radius 1 is 1.44 bits per heavy atom. The van der Waals surface area contributed by atoms with Gasteiger partial charge in [-0.15, -0.1) is 11.3 Å². The minimum Gasteiger partial charge on any atom is -0.312 e. The molecule has 0 aliphatic rings. The molecular formula is C12H15N3S. The number of pyridine rings is 1. The molecule has 0 amide bonds. The molecule has 0 saturated carbocycles. The average Bonchev–Trinajstić information content (AvgIpc) is 2.72. The molecule has 0 aromatic carbocycles. The van der Waals surface area contributed by atoms with Crippen LogP contribution in [-0.4, -0.2) is 16.5 Å². The summed E-state index contributed by atoms with van der Waals surface area (Å²) in [5.74, 6) is 0. The van der Waals surface area contributed by atoms with Crippen LogP contribution in [0.4, 0.5) is 0 Å². The maximum Gasteiger partial charge on any atom is 0.0797 e. The van der Waals surface area contributed by atoms with Crippen LogP contribution in [0.25, 0.3) is 0 Å². The standard InChI is InChI=1S/C12H15N3S/c1-10-12(16-9-15-10)4-6-14-8-11-3-2-5-13-7-11/h2-3,5,7,9,14H,4,6,8H2,1H3. The molecule has 2 rings (SSSR count). The summed E-state index contributed by atoms with van der Waals surface area (Å²) in [7, 11) is 0. The summed E-state index contributed by atoms with van der Waals surface area (Å²) < 4.78 is 0. The second-order valence-corrected chi connectivity index (χ2v) is 4.59. The number of nitrogens with one attached hydrogen (secondary N) is 1. The molecule has 0 spiro atoms. The number of aryl methyl sites for hydroxylation is 1. The van der Waals surface area contributed by atoms with Crippen LogP contribution in [0.3, 0.4) is 0 Å². The third-order valence-electron chi connectivity index (χ3n) is 2.43. The maximum atomic E-state index is 4.23. The van der Waals surface area contributed by atoms with E-state index in [-0.39, 0.29) is 0 Å². The highest BCUT2D eigenvalue weighted by atomic mass is 32.1. The largest absolute Gasteiger partial charge is 0.312 e. The summed E-state index contributed by atoms with van der Waals surface area (Å²) in [6.45, 7) is 3.93. The predicted molar refractivity (Wildman–Crippen MR) is 66.5 cm³/mol. The monoisotopic (exact) mass is 233 g/mol. The molecule has 1 N–H and O–H groups in total. The van der Waals surface area contributed by atoms with E-state index in [0.29, 0.717) is 0 Å². The van der Waals surface area contributed by atoms with Crippen molar-refractivity contribution in [1.82, 2.24) is 15.3 Å². The van der Waals surface area contributed by atoms with E-state index in [9.17, 15) is 0 Å². The van der Waals surface area contributed by atoms with Crippen molar-refractivity contribution in [3.63, 3.8) is 0 Å². The third-order valence-corrected chi connectivity index (χ3v) is 3.42. The van der Waals surface area contributed by atoms with Gasteiger partial charge in [0.1, 0.15) is 0 Å². The third kappa shape index (κ3) is 3.12. The van der Waals surface area contributed by atoms with Gasteiger partial charge in [0, 0.05) is 30.4 Å². The lowest BCUT2D eigenvalue weighted by molar-refractivity contribution is 0.687. The minimum atomic E-state index is 0.881. The number of rotatable bonds is 5. The van der Waals surface area contributed by atoms with Crippen molar-refractivity contribution < 1.29 is 0 Å². The first-order valence-corrected chi connectivity index (χ1v) is 6.23. The molecule has 0 radical (unpaired) electrons. The first-order chi connectivity index (χ1) is 7.86. The van der Waals surface area contributed by atoms with E-state index in [1.807, 2.05) is 17.8 Å². The normalized spacial score (nSPS) is 10.6. The molecular weight excluding hydrogens is 218 g/mol. The van der Waals surface area contributed by atoms with Crippen molar-refractivity contribution in [2.45, 2.75) is 19.9 Å². The fourth-order valence-corrected chi connectivity index (χ4v) is 2.28. The molecule has 0 unspecified atom stereocenters. The molecule has 16 heavy (non-hydrogen) atoms. The van der Waals surface area contributed by atoms with Crippen LogP contribution in [0.1, 0.15) is 16.1 Å². The summed E-state index contributed by atoms with van der Waals surface area (Å²) in [5, 5.41) is 3.41. The average molecular weight is 233 g/mol. The van der Waals surface area contributed by atoms with Crippen molar-refractivity contribution in [2.24, 2.45) is 0 Å². The van der Waals surface area contributed by atoms with Crippen LogP contribution in [0.15, 0.2) is 30.0 Å². The van der Waals surface area contributed by atoms with E-state index >= 15 is 0 Å². The van der Waals surface area contributed by atoms with Gasteiger partial charge in [-0.05, 0) is 25.0 Å². The molecule has 84 valence electrons. The molecule has 0 aliphatic heterocycles. The Bertz CT molecular complexity index is 425. The number of thiazole rings is 1. The number of hydrogen-bond acceptors (Lipinski definition) is 4. The molecule has 0 fully saturated rings. The first kappa shape index (κ1) is 11.2. The highest BCUT2D eigenvalue weighted by molar-refractivity contribution is 7.09. The van der Waals surface area contributed by atoms with Crippen LogP contribution >= 0.6 is 11.3 Å². The fourth-order valence-electron chi connectivity index (χ4n) is 1.50. The zero-order valence-corrected chi connectivity index (χ0v) is 10.1. The molecule has 0 aliphatic carbocycles. The van der Waals surface area contributed by atoms with Gasteiger partial charge in [-0.2, -0.15) is 0 Å². The molecule has 0 atom stereocenters. The Labute approximate surface area is 99.6 Å². The molecule has 2 aromatic heterocycles. The summed E-state index contributed by atoms with van der Waals surface area (Å²) in [4.78, 5) is 9.69. The lowest BCUT2D eigenvalue weighted by Crippen LogP contribution is -2.16. The molecule has 2 heterocycles. The smallest absolute Gasteiger partial charge is 0.0797 e. The van der Waals surface area contributed by atoms with Crippen LogP contribution in [-0.2, 0) is 13.0 Å². The predicted octanol–water partition coefficient (Wildman–Crippen LogP) is 2.18. The summed E-state index contributed by atoms with van der Waals surface area (Å²) >= 11 is 1.73. The zero-order chi connectivity index (χ0) is 11.2. The second-order valence-electron chi connectivity index (χ2n) is 3.65. The van der Waals surface area contributed by atoms with Crippen LogP contribution in [0.5, 0.6) is 0 Å². The van der Waals surface area contributed by atoms with Crippen molar-refractivity contribution in [3.8, 4) is 0 Å². The lowest BCUT2D eigenvalue weighted by Gasteiger charge is -2.03. The van der Waals surface area contributed by atoms with Gasteiger partial charge in [0.25, 0.3) is 0 Å². The second kappa shape index (κ2) is 5.72. The summed E-state index contributed by atoms with van der Waals surface area (Å²) in [5.41, 5.74) is 4.29. The maximum absolute atomic E-state index is 4.23. The number of hydrogen-bond donors (Lipinski definition) is 1. The van der Waals surface area contributed by atoms with Crippen molar-refractivity contribution in [3.05, 3.63) is 46.2 Å². The van der Waals surface area contributed by atoms with Gasteiger partial charge in [-0.25, -0.2) is 4.98 Å². The SMILES string of the molecule is Cc1ncsc1CCNCc1cccnc1. The van der Waals surface area contributed by atoms with E-state index in [4.69, 9.17) is 0 Å². The minimum absolute atomic E-state index is 0.881. The molecule has 2 aromatic rings. The fraction of sp³-hybridized carbons (Fsp3) is 0.333. The van der Waals surface area contributed by atoms with Crippen molar-refractivity contribution >= 4 is 11.3 Å². The Balaban J connectivity index is 1.72. The van der Waals surface area contributed by atoms with Gasteiger partial charge in [0.05, 0.1) is 11.2 Å². The van der Waals surface area contributed by atoms with Gasteiger partial charge >= 0.3 is 0 Å². The van der Waals surface area contributed by atoms with Crippen molar-refractivity contribution in [2.75, 3.05) is 6.54 Å². The van der Waals surface area contributed by atoms with E-state index in [0.717, 1.165) is 25.2 Å². The van der Waals surface area contributed by atoms with Crippen molar-refractivity contribution in [1.29, 1.82) is 0 Å². The summed E-state index contributed by atoms with van der Waals surface area (Å²) in [6, 6.07) is 4.04. The van der Waals surface area contributed by atoms with E-state index < -0.39 is 0 Å². The Morgan fingerprint density at radius 2 is 2.38 bits per heavy atom. The van der Waals surface area contributed by atoms with E-state index in [1.165, 1.54) is 10.4 Å². The Kier molecular flexibility index (Phi) is 4.02. The van der Waals surface area contributed by atoms with E-state index in [2.05, 4.69) is 28.3 Å². The van der Waals surface area contributed by atoms with E-state index in [1.54, 1.807) is 17.5 Å². The van der Waals surface area contributed by atoms with Crippen LogP contribution < -0.4 is 5.32 Å².